The Morgan fingerprint density at radius 2 is 1.64 bits per heavy atom. The Morgan fingerprint density at radius 3 is 2.09 bits per heavy atom. The number of carbonyl (C=O) groups excluding carboxylic acids is 2. The first-order chi connectivity index (χ1) is 10.1. The molecule has 5 heteroatoms. The van der Waals surface area contributed by atoms with Crippen LogP contribution in [0.1, 0.15) is 46.1 Å². The van der Waals surface area contributed by atoms with Gasteiger partial charge in [-0.2, -0.15) is 0 Å². The molecule has 0 aromatic heterocycles. The second-order valence-electron chi connectivity index (χ2n) is 6.43. The summed E-state index contributed by atoms with van der Waals surface area (Å²) in [6.45, 7) is 9.53. The van der Waals surface area contributed by atoms with Gasteiger partial charge in [-0.15, -0.1) is 0 Å². The predicted octanol–water partition coefficient (Wildman–Crippen LogP) is 2.27. The summed E-state index contributed by atoms with van der Waals surface area (Å²) in [7, 11) is 0. The third-order valence-corrected chi connectivity index (χ3v) is 3.89. The van der Waals surface area contributed by atoms with E-state index in [1.807, 2.05) is 26.0 Å². The fourth-order valence-electron chi connectivity index (χ4n) is 1.68. The average molecular weight is 306 g/mol. The molecule has 1 rings (SSSR count). The molecule has 0 radical (unpaired) electrons. The lowest BCUT2D eigenvalue weighted by molar-refractivity contribution is -0.137. The van der Waals surface area contributed by atoms with Crippen molar-refractivity contribution in [2.24, 2.45) is 5.92 Å². The fraction of sp³-hybridized carbons (Fsp3) is 0.529. The van der Waals surface area contributed by atoms with Crippen LogP contribution in [0.2, 0.25) is 0 Å². The van der Waals surface area contributed by atoms with Gasteiger partial charge in [0, 0.05) is 12.2 Å². The molecule has 0 spiro atoms. The maximum absolute atomic E-state index is 11.8. The second-order valence-corrected chi connectivity index (χ2v) is 6.43. The molecule has 0 saturated carbocycles. The molecular weight excluding hydrogens is 280 g/mol. The van der Waals surface area contributed by atoms with Gasteiger partial charge in [0.1, 0.15) is 0 Å². The summed E-state index contributed by atoms with van der Waals surface area (Å²) in [5.41, 5.74) is 0.685. The number of carbonyl (C=O) groups is 2. The number of aliphatic hydroxyl groups is 1. The number of rotatable bonds is 5. The zero-order chi connectivity index (χ0) is 16.9. The highest BCUT2D eigenvalue weighted by Gasteiger charge is 2.26. The van der Waals surface area contributed by atoms with Gasteiger partial charge in [0.25, 0.3) is 0 Å². The lowest BCUT2D eigenvalue weighted by Gasteiger charge is -2.27. The topological polar surface area (TPSA) is 78.4 Å². The Bertz CT molecular complexity index is 519. The Hall–Kier alpha value is -1.88. The highest BCUT2D eigenvalue weighted by Crippen LogP contribution is 2.17. The molecule has 0 aliphatic rings. The average Bonchev–Trinajstić information content (AvgIpc) is 2.45. The molecule has 1 aromatic carbocycles. The van der Waals surface area contributed by atoms with E-state index in [2.05, 4.69) is 24.5 Å². The summed E-state index contributed by atoms with van der Waals surface area (Å²) in [5.74, 6) is -1.11. The Kier molecular flexibility index (Phi) is 6.11. The molecule has 22 heavy (non-hydrogen) atoms. The predicted molar refractivity (Wildman–Crippen MR) is 87.6 cm³/mol. The first-order valence-electron chi connectivity index (χ1n) is 7.55. The largest absolute Gasteiger partial charge is 0.388 e. The van der Waals surface area contributed by atoms with Crippen molar-refractivity contribution in [3.8, 4) is 0 Å². The molecule has 3 N–H and O–H groups in total. The van der Waals surface area contributed by atoms with Crippen LogP contribution in [0.15, 0.2) is 24.3 Å². The zero-order valence-corrected chi connectivity index (χ0v) is 13.9. The van der Waals surface area contributed by atoms with E-state index in [0.717, 1.165) is 5.56 Å². The molecule has 0 aliphatic heterocycles. The summed E-state index contributed by atoms with van der Waals surface area (Å²) >= 11 is 0. The van der Waals surface area contributed by atoms with Crippen molar-refractivity contribution < 1.29 is 14.7 Å². The minimum atomic E-state index is -1.05. The third kappa shape index (κ3) is 5.15. The van der Waals surface area contributed by atoms with Gasteiger partial charge in [-0.25, -0.2) is 0 Å². The van der Waals surface area contributed by atoms with Crippen LogP contribution >= 0.6 is 0 Å². The maximum atomic E-state index is 11.8. The zero-order valence-electron chi connectivity index (χ0n) is 13.9. The lowest BCUT2D eigenvalue weighted by Crippen LogP contribution is -2.47. The Labute approximate surface area is 132 Å². The molecule has 122 valence electrons. The van der Waals surface area contributed by atoms with E-state index >= 15 is 0 Å². The van der Waals surface area contributed by atoms with Crippen molar-refractivity contribution >= 4 is 17.5 Å². The molecule has 5 nitrogen and oxygen atoms in total. The Morgan fingerprint density at radius 1 is 1.09 bits per heavy atom. The SMILES string of the molecule is CC(C)c1ccc(NC(=O)C(=O)NCC(C)(O)C(C)C)cc1. The van der Waals surface area contributed by atoms with E-state index in [9.17, 15) is 14.7 Å². The van der Waals surface area contributed by atoms with Gasteiger partial charge in [-0.3, -0.25) is 9.59 Å². The van der Waals surface area contributed by atoms with Crippen molar-refractivity contribution in [1.29, 1.82) is 0 Å². The highest BCUT2D eigenvalue weighted by atomic mass is 16.3. The molecule has 1 atom stereocenters. The monoisotopic (exact) mass is 306 g/mol. The fourth-order valence-corrected chi connectivity index (χ4v) is 1.68. The minimum Gasteiger partial charge on any atom is -0.388 e. The van der Waals surface area contributed by atoms with E-state index in [0.29, 0.717) is 11.6 Å². The molecule has 0 fully saturated rings. The standard InChI is InChI=1S/C17H26N2O3/c1-11(2)13-6-8-14(9-7-13)19-16(21)15(20)18-10-17(5,22)12(3)4/h6-9,11-12,22H,10H2,1-5H3,(H,18,20)(H,19,21). The molecular formula is C17H26N2O3. The van der Waals surface area contributed by atoms with E-state index < -0.39 is 17.4 Å². The van der Waals surface area contributed by atoms with Gasteiger partial charge in [0.05, 0.1) is 5.60 Å². The molecule has 1 aromatic rings. The molecule has 1 unspecified atom stereocenters. The van der Waals surface area contributed by atoms with Crippen LogP contribution in [0.4, 0.5) is 5.69 Å². The van der Waals surface area contributed by atoms with E-state index in [4.69, 9.17) is 0 Å². The number of amides is 2. The van der Waals surface area contributed by atoms with Crippen molar-refractivity contribution in [2.75, 3.05) is 11.9 Å². The summed E-state index contributed by atoms with van der Waals surface area (Å²) < 4.78 is 0. The van der Waals surface area contributed by atoms with Gasteiger partial charge in [0.15, 0.2) is 0 Å². The van der Waals surface area contributed by atoms with Crippen LogP contribution in [0.3, 0.4) is 0 Å². The van der Waals surface area contributed by atoms with Gasteiger partial charge in [0.2, 0.25) is 0 Å². The minimum absolute atomic E-state index is 0.0283. The smallest absolute Gasteiger partial charge is 0.313 e. The molecule has 0 bridgehead atoms. The highest BCUT2D eigenvalue weighted by molar-refractivity contribution is 6.39. The normalized spacial score (nSPS) is 13.8. The summed E-state index contributed by atoms with van der Waals surface area (Å²) in [6.07, 6.45) is 0. The summed E-state index contributed by atoms with van der Waals surface area (Å²) in [6, 6.07) is 7.37. The van der Waals surface area contributed by atoms with Crippen LogP contribution < -0.4 is 10.6 Å². The summed E-state index contributed by atoms with van der Waals surface area (Å²) in [5, 5.41) is 15.0. The van der Waals surface area contributed by atoms with Gasteiger partial charge in [-0.05, 0) is 36.5 Å². The van der Waals surface area contributed by atoms with Crippen molar-refractivity contribution in [3.05, 3.63) is 29.8 Å². The number of hydrogen-bond donors (Lipinski definition) is 3. The van der Waals surface area contributed by atoms with Gasteiger partial charge < -0.3 is 15.7 Å². The lowest BCUT2D eigenvalue weighted by atomic mass is 9.92. The van der Waals surface area contributed by atoms with Gasteiger partial charge >= 0.3 is 11.8 Å². The number of nitrogens with one attached hydrogen (secondary N) is 2. The quantitative estimate of drug-likeness (QED) is 0.730. The number of benzene rings is 1. The molecule has 0 aliphatic carbocycles. The molecule has 0 heterocycles. The third-order valence-electron chi connectivity index (χ3n) is 3.89. The van der Waals surface area contributed by atoms with Crippen LogP contribution in [0, 0.1) is 5.92 Å². The van der Waals surface area contributed by atoms with Crippen LogP contribution in [-0.4, -0.2) is 29.1 Å². The second kappa shape index (κ2) is 7.40. The van der Waals surface area contributed by atoms with Crippen molar-refractivity contribution in [3.63, 3.8) is 0 Å². The van der Waals surface area contributed by atoms with E-state index in [1.165, 1.54) is 0 Å². The number of hydrogen-bond acceptors (Lipinski definition) is 3. The maximum Gasteiger partial charge on any atom is 0.313 e. The molecule has 2 amide bonds. The van der Waals surface area contributed by atoms with Crippen molar-refractivity contribution in [1.82, 2.24) is 5.32 Å². The van der Waals surface area contributed by atoms with Gasteiger partial charge in [-0.1, -0.05) is 39.8 Å². The molecule has 0 saturated heterocycles. The van der Waals surface area contributed by atoms with Crippen LogP contribution in [0.5, 0.6) is 0 Å². The van der Waals surface area contributed by atoms with Crippen molar-refractivity contribution in [2.45, 2.75) is 46.1 Å². The van der Waals surface area contributed by atoms with E-state index in [1.54, 1.807) is 19.1 Å². The first-order valence-corrected chi connectivity index (χ1v) is 7.55. The first kappa shape index (κ1) is 18.2. The summed E-state index contributed by atoms with van der Waals surface area (Å²) in [4.78, 5) is 23.6. The van der Waals surface area contributed by atoms with E-state index in [-0.39, 0.29) is 12.5 Å². The number of anilines is 1. The van der Waals surface area contributed by atoms with Crippen LogP contribution in [0.25, 0.3) is 0 Å². The Balaban J connectivity index is 2.56. The van der Waals surface area contributed by atoms with Crippen LogP contribution in [-0.2, 0) is 9.59 Å².